The van der Waals surface area contributed by atoms with Crippen molar-refractivity contribution in [2.24, 2.45) is 0 Å². The van der Waals surface area contributed by atoms with Crippen LogP contribution < -0.4 is 4.74 Å². The van der Waals surface area contributed by atoms with E-state index in [0.717, 1.165) is 11.3 Å². The largest absolute Gasteiger partial charge is 0.486 e. The molecule has 0 aliphatic carbocycles. The summed E-state index contributed by atoms with van der Waals surface area (Å²) >= 11 is 6.07. The molecule has 1 aromatic carbocycles. The van der Waals surface area contributed by atoms with Crippen molar-refractivity contribution in [1.82, 2.24) is 9.78 Å². The lowest BCUT2D eigenvalue weighted by atomic mass is 10.2. The van der Waals surface area contributed by atoms with Crippen LogP contribution in [0, 0.1) is 0 Å². The number of nitrogens with zero attached hydrogens (tertiary/aromatic N) is 2. The summed E-state index contributed by atoms with van der Waals surface area (Å²) in [5, 5.41) is 13.9. The average molecular weight is 281 g/mol. The summed E-state index contributed by atoms with van der Waals surface area (Å²) in [5.41, 5.74) is 1.62. The summed E-state index contributed by atoms with van der Waals surface area (Å²) in [5.74, 6) is 0.595. The smallest absolute Gasteiger partial charge is 0.138 e. The molecule has 0 radical (unpaired) electrons. The number of hydrogen-bond acceptors (Lipinski definition) is 3. The second-order valence-corrected chi connectivity index (χ2v) is 5.00. The highest BCUT2D eigenvalue weighted by molar-refractivity contribution is 6.32. The molecule has 0 atom stereocenters. The predicted molar refractivity (Wildman–Crippen MR) is 74.3 cm³/mol. The molecule has 0 spiro atoms. The fourth-order valence-corrected chi connectivity index (χ4v) is 1.91. The lowest BCUT2D eigenvalue weighted by Crippen LogP contribution is -2.03. The first-order valence-corrected chi connectivity index (χ1v) is 6.54. The quantitative estimate of drug-likeness (QED) is 0.915. The van der Waals surface area contributed by atoms with Crippen molar-refractivity contribution >= 4 is 11.6 Å². The molecular weight excluding hydrogens is 264 g/mol. The van der Waals surface area contributed by atoms with E-state index in [1.165, 1.54) is 0 Å². The number of aliphatic hydroxyl groups is 1. The van der Waals surface area contributed by atoms with Gasteiger partial charge >= 0.3 is 0 Å². The van der Waals surface area contributed by atoms with E-state index in [1.807, 2.05) is 16.9 Å². The van der Waals surface area contributed by atoms with Crippen LogP contribution in [-0.2, 0) is 13.2 Å². The summed E-state index contributed by atoms with van der Waals surface area (Å²) in [7, 11) is 0. The Labute approximate surface area is 117 Å². The van der Waals surface area contributed by atoms with E-state index in [9.17, 15) is 0 Å². The fourth-order valence-electron chi connectivity index (χ4n) is 1.65. The fraction of sp³-hybridized carbons (Fsp3) is 0.357. The second-order valence-electron chi connectivity index (χ2n) is 4.59. The molecule has 19 heavy (non-hydrogen) atoms. The Hall–Kier alpha value is -1.52. The molecular formula is C14H17ClN2O2. The predicted octanol–water partition coefficient (Wildman–Crippen LogP) is 3.19. The Balaban J connectivity index is 2.01. The highest BCUT2D eigenvalue weighted by Crippen LogP contribution is 2.26. The zero-order chi connectivity index (χ0) is 13.8. The Kier molecular flexibility index (Phi) is 4.45. The number of aliphatic hydroxyl groups excluding tert-OH is 1. The first-order chi connectivity index (χ1) is 9.10. The minimum atomic E-state index is -0.0290. The van der Waals surface area contributed by atoms with E-state index in [0.29, 0.717) is 23.4 Å². The van der Waals surface area contributed by atoms with Gasteiger partial charge in [0.05, 0.1) is 17.3 Å². The van der Waals surface area contributed by atoms with E-state index in [4.69, 9.17) is 21.4 Å². The van der Waals surface area contributed by atoms with Gasteiger partial charge in [0.1, 0.15) is 12.4 Å². The first-order valence-electron chi connectivity index (χ1n) is 6.16. The zero-order valence-electron chi connectivity index (χ0n) is 11.0. The Bertz CT molecular complexity index is 552. The Morgan fingerprint density at radius 2 is 2.16 bits per heavy atom. The third-order valence-corrected chi connectivity index (χ3v) is 3.04. The van der Waals surface area contributed by atoms with Crippen molar-refractivity contribution in [3.05, 3.63) is 46.7 Å². The SMILES string of the molecule is CC(C)n1ccc(COc2ccc(CO)cc2Cl)n1. The molecule has 0 saturated carbocycles. The number of rotatable bonds is 5. The summed E-state index contributed by atoms with van der Waals surface area (Å²) in [6, 6.07) is 7.50. The molecule has 0 unspecified atom stereocenters. The van der Waals surface area contributed by atoms with Crippen LogP contribution >= 0.6 is 11.6 Å². The Morgan fingerprint density at radius 1 is 1.37 bits per heavy atom. The normalized spacial score (nSPS) is 11.0. The van der Waals surface area contributed by atoms with Gasteiger partial charge in [-0.3, -0.25) is 4.68 Å². The van der Waals surface area contributed by atoms with Gasteiger partial charge in [-0.15, -0.1) is 0 Å². The van der Waals surface area contributed by atoms with Crippen LogP contribution in [0.25, 0.3) is 0 Å². The van der Waals surface area contributed by atoms with Gasteiger partial charge in [-0.1, -0.05) is 17.7 Å². The van der Waals surface area contributed by atoms with E-state index in [1.54, 1.807) is 18.2 Å². The number of halogens is 1. The van der Waals surface area contributed by atoms with Gasteiger partial charge in [0.15, 0.2) is 0 Å². The number of aromatic nitrogens is 2. The molecule has 2 rings (SSSR count). The van der Waals surface area contributed by atoms with Gasteiger partial charge in [-0.05, 0) is 37.6 Å². The first kappa shape index (κ1) is 13.9. The van der Waals surface area contributed by atoms with Gasteiger partial charge < -0.3 is 9.84 Å². The lowest BCUT2D eigenvalue weighted by molar-refractivity contribution is 0.280. The van der Waals surface area contributed by atoms with Crippen molar-refractivity contribution < 1.29 is 9.84 Å². The average Bonchev–Trinajstić information content (AvgIpc) is 2.86. The molecule has 0 fully saturated rings. The maximum absolute atomic E-state index is 9.00. The third kappa shape index (κ3) is 3.49. The zero-order valence-corrected chi connectivity index (χ0v) is 11.8. The van der Waals surface area contributed by atoms with Crippen molar-refractivity contribution in [3.8, 4) is 5.75 Å². The maximum Gasteiger partial charge on any atom is 0.138 e. The molecule has 102 valence electrons. The van der Waals surface area contributed by atoms with E-state index in [2.05, 4.69) is 18.9 Å². The maximum atomic E-state index is 9.00. The molecule has 0 aliphatic heterocycles. The van der Waals surface area contributed by atoms with E-state index >= 15 is 0 Å². The molecule has 0 bridgehead atoms. The molecule has 1 aromatic heterocycles. The van der Waals surface area contributed by atoms with Gasteiger partial charge in [-0.2, -0.15) is 5.10 Å². The summed E-state index contributed by atoms with van der Waals surface area (Å²) in [4.78, 5) is 0. The van der Waals surface area contributed by atoms with E-state index < -0.39 is 0 Å². The summed E-state index contributed by atoms with van der Waals surface area (Å²) < 4.78 is 7.51. The van der Waals surface area contributed by atoms with Crippen molar-refractivity contribution in [2.45, 2.75) is 33.1 Å². The van der Waals surface area contributed by atoms with Crippen molar-refractivity contribution in [3.63, 3.8) is 0 Å². The lowest BCUT2D eigenvalue weighted by Gasteiger charge is -2.08. The molecule has 4 nitrogen and oxygen atoms in total. The number of ether oxygens (including phenoxy) is 1. The molecule has 0 saturated heterocycles. The van der Waals surface area contributed by atoms with Crippen LogP contribution in [0.2, 0.25) is 5.02 Å². The minimum Gasteiger partial charge on any atom is -0.486 e. The molecule has 1 heterocycles. The molecule has 1 N–H and O–H groups in total. The topological polar surface area (TPSA) is 47.3 Å². The van der Waals surface area contributed by atoms with Crippen molar-refractivity contribution in [1.29, 1.82) is 0 Å². The van der Waals surface area contributed by atoms with Crippen LogP contribution in [0.3, 0.4) is 0 Å². The van der Waals surface area contributed by atoms with Crippen LogP contribution in [-0.4, -0.2) is 14.9 Å². The highest BCUT2D eigenvalue weighted by Gasteiger charge is 2.06. The summed E-state index contributed by atoms with van der Waals surface area (Å²) in [6.45, 7) is 4.49. The van der Waals surface area contributed by atoms with Crippen molar-refractivity contribution in [2.75, 3.05) is 0 Å². The highest BCUT2D eigenvalue weighted by atomic mass is 35.5. The van der Waals surface area contributed by atoms with Crippen LogP contribution in [0.5, 0.6) is 5.75 Å². The third-order valence-electron chi connectivity index (χ3n) is 2.75. The second kappa shape index (κ2) is 6.08. The molecule has 0 aliphatic rings. The molecule has 5 heteroatoms. The molecule has 0 amide bonds. The van der Waals surface area contributed by atoms with E-state index in [-0.39, 0.29) is 6.61 Å². The standard InChI is InChI=1S/C14H17ClN2O2/c1-10(2)17-6-5-12(16-17)9-19-14-4-3-11(8-18)7-13(14)15/h3-7,10,18H,8-9H2,1-2H3. The van der Waals surface area contributed by atoms with Gasteiger partial charge in [0.2, 0.25) is 0 Å². The van der Waals surface area contributed by atoms with Gasteiger partial charge in [-0.25, -0.2) is 0 Å². The minimum absolute atomic E-state index is 0.0290. The monoisotopic (exact) mass is 280 g/mol. The van der Waals surface area contributed by atoms with Crippen LogP contribution in [0.4, 0.5) is 0 Å². The van der Waals surface area contributed by atoms with Gasteiger partial charge in [0.25, 0.3) is 0 Å². The Morgan fingerprint density at radius 3 is 2.74 bits per heavy atom. The number of hydrogen-bond donors (Lipinski definition) is 1. The molecule has 2 aromatic rings. The van der Waals surface area contributed by atoms with Gasteiger partial charge in [0, 0.05) is 12.2 Å². The summed E-state index contributed by atoms with van der Waals surface area (Å²) in [6.07, 6.45) is 1.93. The van der Waals surface area contributed by atoms with Crippen LogP contribution in [0.1, 0.15) is 31.1 Å². The number of benzene rings is 1. The van der Waals surface area contributed by atoms with Crippen LogP contribution in [0.15, 0.2) is 30.5 Å².